The Kier molecular flexibility index (Phi) is 5.67. The number of halogens is 2. The number of benzene rings is 2. The third-order valence-electron chi connectivity index (χ3n) is 3.42. The van der Waals surface area contributed by atoms with Crippen LogP contribution in [0.1, 0.15) is 26.9 Å². The van der Waals surface area contributed by atoms with Crippen LogP contribution in [0.15, 0.2) is 46.9 Å². The highest BCUT2D eigenvalue weighted by Gasteiger charge is 2.18. The highest BCUT2D eigenvalue weighted by Crippen LogP contribution is 2.44. The lowest BCUT2D eigenvalue weighted by atomic mass is 10.1. The second-order valence-electron chi connectivity index (χ2n) is 5.13. The predicted octanol–water partition coefficient (Wildman–Crippen LogP) is 5.71. The van der Waals surface area contributed by atoms with E-state index in [1.165, 1.54) is 24.1 Å². The SMILES string of the molecule is O=C(Nc1cccc(C2SCCCS2)c1)c1cc(Br)ccc1F. The molecule has 1 amide bonds. The van der Waals surface area contributed by atoms with E-state index in [4.69, 9.17) is 0 Å². The van der Waals surface area contributed by atoms with Gasteiger partial charge in [-0.15, -0.1) is 23.5 Å². The largest absolute Gasteiger partial charge is 0.322 e. The fourth-order valence-corrected chi connectivity index (χ4v) is 5.55. The Morgan fingerprint density at radius 1 is 1.17 bits per heavy atom. The molecule has 0 aliphatic carbocycles. The molecule has 0 spiro atoms. The fraction of sp³-hybridized carbons (Fsp3) is 0.235. The van der Waals surface area contributed by atoms with Crippen LogP contribution in [-0.2, 0) is 0 Å². The van der Waals surface area contributed by atoms with E-state index < -0.39 is 11.7 Å². The lowest BCUT2D eigenvalue weighted by Gasteiger charge is -2.21. The second-order valence-corrected chi connectivity index (χ2v) is 8.77. The number of nitrogens with one attached hydrogen (secondary N) is 1. The Labute approximate surface area is 151 Å². The number of carbonyl (C=O) groups is 1. The van der Waals surface area contributed by atoms with Crippen molar-refractivity contribution in [3.8, 4) is 0 Å². The molecule has 1 N–H and O–H groups in total. The van der Waals surface area contributed by atoms with E-state index in [0.717, 1.165) is 11.5 Å². The molecule has 23 heavy (non-hydrogen) atoms. The molecule has 1 saturated heterocycles. The van der Waals surface area contributed by atoms with E-state index in [1.54, 1.807) is 6.07 Å². The van der Waals surface area contributed by atoms with E-state index in [0.29, 0.717) is 14.7 Å². The number of thioether (sulfide) groups is 2. The summed E-state index contributed by atoms with van der Waals surface area (Å²) in [6.45, 7) is 0. The van der Waals surface area contributed by atoms with E-state index >= 15 is 0 Å². The molecule has 6 heteroatoms. The zero-order chi connectivity index (χ0) is 16.2. The molecule has 2 aromatic carbocycles. The zero-order valence-corrected chi connectivity index (χ0v) is 15.4. The van der Waals surface area contributed by atoms with Crippen molar-refractivity contribution in [3.63, 3.8) is 0 Å². The molecule has 0 radical (unpaired) electrons. The standard InChI is InChI=1S/C17H15BrFNOS2/c18-12-5-6-15(19)14(10-12)16(21)20-13-4-1-3-11(9-13)17-22-7-2-8-23-17/h1,3-6,9-10,17H,2,7-8H2,(H,20,21). The number of rotatable bonds is 3. The topological polar surface area (TPSA) is 29.1 Å². The first-order valence-electron chi connectivity index (χ1n) is 7.23. The number of carbonyl (C=O) groups excluding carboxylic acids is 1. The minimum atomic E-state index is -0.528. The van der Waals surface area contributed by atoms with Crippen LogP contribution in [0, 0.1) is 5.82 Å². The first kappa shape index (κ1) is 16.9. The summed E-state index contributed by atoms with van der Waals surface area (Å²) in [6, 6.07) is 12.2. The van der Waals surface area contributed by atoms with Crippen LogP contribution in [0.4, 0.5) is 10.1 Å². The van der Waals surface area contributed by atoms with Crippen LogP contribution >= 0.6 is 39.5 Å². The average Bonchev–Trinajstić information content (AvgIpc) is 2.58. The van der Waals surface area contributed by atoms with Gasteiger partial charge in [0.25, 0.3) is 5.91 Å². The lowest BCUT2D eigenvalue weighted by Crippen LogP contribution is -2.14. The number of anilines is 1. The summed E-state index contributed by atoms with van der Waals surface area (Å²) in [5.41, 5.74) is 1.91. The van der Waals surface area contributed by atoms with Crippen molar-refractivity contribution in [2.75, 3.05) is 16.8 Å². The second kappa shape index (κ2) is 7.73. The van der Waals surface area contributed by atoms with Crippen molar-refractivity contribution in [1.29, 1.82) is 0 Å². The van der Waals surface area contributed by atoms with Gasteiger partial charge in [-0.05, 0) is 53.8 Å². The van der Waals surface area contributed by atoms with Crippen molar-refractivity contribution >= 4 is 51.0 Å². The van der Waals surface area contributed by atoms with Gasteiger partial charge in [0.15, 0.2) is 0 Å². The maximum atomic E-state index is 13.8. The van der Waals surface area contributed by atoms with Gasteiger partial charge in [0.05, 0.1) is 10.1 Å². The van der Waals surface area contributed by atoms with Gasteiger partial charge < -0.3 is 5.32 Å². The van der Waals surface area contributed by atoms with Crippen molar-refractivity contribution < 1.29 is 9.18 Å². The van der Waals surface area contributed by atoms with Gasteiger partial charge in [-0.2, -0.15) is 0 Å². The van der Waals surface area contributed by atoms with E-state index in [-0.39, 0.29) is 5.56 Å². The Balaban J connectivity index is 1.77. The molecular weight excluding hydrogens is 397 g/mol. The first-order valence-corrected chi connectivity index (χ1v) is 10.1. The fourth-order valence-electron chi connectivity index (χ4n) is 2.31. The molecule has 2 aromatic rings. The summed E-state index contributed by atoms with van der Waals surface area (Å²) < 4.78 is 14.9. The highest BCUT2D eigenvalue weighted by molar-refractivity contribution is 9.10. The molecule has 1 fully saturated rings. The van der Waals surface area contributed by atoms with Gasteiger partial charge in [-0.1, -0.05) is 28.1 Å². The van der Waals surface area contributed by atoms with Gasteiger partial charge in [-0.25, -0.2) is 4.39 Å². The highest BCUT2D eigenvalue weighted by atomic mass is 79.9. The van der Waals surface area contributed by atoms with Crippen LogP contribution < -0.4 is 5.32 Å². The molecule has 1 aliphatic heterocycles. The minimum Gasteiger partial charge on any atom is -0.322 e. The molecule has 0 unspecified atom stereocenters. The molecule has 120 valence electrons. The van der Waals surface area contributed by atoms with Crippen LogP contribution in [0.3, 0.4) is 0 Å². The van der Waals surface area contributed by atoms with Gasteiger partial charge in [-0.3, -0.25) is 4.79 Å². The predicted molar refractivity (Wildman–Crippen MR) is 101 cm³/mol. The summed E-state index contributed by atoms with van der Waals surface area (Å²) in [7, 11) is 0. The number of hydrogen-bond donors (Lipinski definition) is 1. The van der Waals surface area contributed by atoms with Gasteiger partial charge in [0, 0.05) is 10.2 Å². The quantitative estimate of drug-likeness (QED) is 0.700. The van der Waals surface area contributed by atoms with Gasteiger partial charge >= 0.3 is 0 Å². The lowest BCUT2D eigenvalue weighted by molar-refractivity contribution is 0.102. The van der Waals surface area contributed by atoms with E-state index in [2.05, 4.69) is 27.3 Å². The molecular formula is C17H15BrFNOS2. The van der Waals surface area contributed by atoms with Crippen LogP contribution in [0.25, 0.3) is 0 Å². The van der Waals surface area contributed by atoms with Crippen LogP contribution in [-0.4, -0.2) is 17.4 Å². The molecule has 0 saturated carbocycles. The molecule has 1 aliphatic rings. The Morgan fingerprint density at radius 3 is 2.74 bits per heavy atom. The Hall–Kier alpha value is -0.980. The summed E-state index contributed by atoms with van der Waals surface area (Å²) >= 11 is 7.12. The van der Waals surface area contributed by atoms with Gasteiger partial charge in [0.2, 0.25) is 0 Å². The summed E-state index contributed by atoms with van der Waals surface area (Å²) in [4.78, 5) is 12.3. The summed E-state index contributed by atoms with van der Waals surface area (Å²) in [5.74, 6) is 1.36. The Bertz CT molecular complexity index is 719. The monoisotopic (exact) mass is 411 g/mol. The minimum absolute atomic E-state index is 0.0335. The van der Waals surface area contributed by atoms with E-state index in [9.17, 15) is 9.18 Å². The van der Waals surface area contributed by atoms with Crippen molar-refractivity contribution in [2.45, 2.75) is 11.0 Å². The van der Waals surface area contributed by atoms with Crippen molar-refractivity contribution in [2.24, 2.45) is 0 Å². The van der Waals surface area contributed by atoms with Crippen LogP contribution in [0.5, 0.6) is 0 Å². The first-order chi connectivity index (χ1) is 11.1. The molecule has 3 rings (SSSR count). The number of amides is 1. The maximum absolute atomic E-state index is 13.8. The van der Waals surface area contributed by atoms with Gasteiger partial charge in [0.1, 0.15) is 5.82 Å². The normalized spacial score (nSPS) is 15.4. The summed E-state index contributed by atoms with van der Waals surface area (Å²) in [5, 5.41) is 2.79. The third kappa shape index (κ3) is 4.31. The maximum Gasteiger partial charge on any atom is 0.258 e. The van der Waals surface area contributed by atoms with Crippen LogP contribution in [0.2, 0.25) is 0 Å². The summed E-state index contributed by atoms with van der Waals surface area (Å²) in [6.07, 6.45) is 1.24. The molecule has 0 aromatic heterocycles. The number of hydrogen-bond acceptors (Lipinski definition) is 3. The molecule has 2 nitrogen and oxygen atoms in total. The van der Waals surface area contributed by atoms with Crippen molar-refractivity contribution in [1.82, 2.24) is 0 Å². The smallest absolute Gasteiger partial charge is 0.258 e. The molecule has 0 atom stereocenters. The molecule has 1 heterocycles. The molecule has 0 bridgehead atoms. The Morgan fingerprint density at radius 2 is 1.96 bits per heavy atom. The zero-order valence-electron chi connectivity index (χ0n) is 12.2. The average molecular weight is 412 g/mol. The third-order valence-corrected chi connectivity index (χ3v) is 6.93. The van der Waals surface area contributed by atoms with Crippen molar-refractivity contribution in [3.05, 3.63) is 63.9 Å². The van der Waals surface area contributed by atoms with E-state index in [1.807, 2.05) is 41.7 Å².